The van der Waals surface area contributed by atoms with Crippen molar-refractivity contribution >= 4 is 11.9 Å². The van der Waals surface area contributed by atoms with Gasteiger partial charge >= 0.3 is 5.97 Å². The molecule has 0 aliphatic heterocycles. The molecule has 17 heavy (non-hydrogen) atoms. The predicted molar refractivity (Wildman–Crippen MR) is 65.6 cm³/mol. The minimum atomic E-state index is -0.708. The molecule has 1 aliphatic carbocycles. The zero-order chi connectivity index (χ0) is 13.0. The van der Waals surface area contributed by atoms with E-state index in [4.69, 9.17) is 5.11 Å². The Balaban J connectivity index is 2.41. The molecule has 0 aromatic rings. The third-order valence-corrected chi connectivity index (χ3v) is 3.67. The number of carboxylic acid groups (broad SMARTS) is 1. The Morgan fingerprint density at radius 2 is 1.76 bits per heavy atom. The summed E-state index contributed by atoms with van der Waals surface area (Å²) in [6, 6.07) is 0.301. The first kappa shape index (κ1) is 14.0. The maximum absolute atomic E-state index is 11.8. The Morgan fingerprint density at radius 1 is 1.24 bits per heavy atom. The smallest absolute Gasteiger partial charge is 0.303 e. The monoisotopic (exact) mass is 241 g/mol. The molecule has 0 saturated heterocycles. The summed E-state index contributed by atoms with van der Waals surface area (Å²) in [7, 11) is 1.87. The second-order valence-corrected chi connectivity index (χ2v) is 5.38. The number of aliphatic carboxylic acids is 1. The van der Waals surface area contributed by atoms with Gasteiger partial charge in [0.1, 0.15) is 0 Å². The molecule has 0 radical (unpaired) electrons. The summed E-state index contributed by atoms with van der Waals surface area (Å²) in [5, 5.41) is 8.74. The Kier molecular flexibility index (Phi) is 4.97. The SMILES string of the molecule is CC(C)C(=O)N(C)[C@H]1CC[C@H](CC(=O)O)CC1. The van der Waals surface area contributed by atoms with Crippen molar-refractivity contribution in [3.63, 3.8) is 0 Å². The molecule has 1 rings (SSSR count). The fraction of sp³-hybridized carbons (Fsp3) is 0.846. The molecule has 98 valence electrons. The van der Waals surface area contributed by atoms with Crippen LogP contribution in [0.4, 0.5) is 0 Å². The van der Waals surface area contributed by atoms with Gasteiger partial charge in [-0.05, 0) is 31.6 Å². The molecule has 1 amide bonds. The highest BCUT2D eigenvalue weighted by Crippen LogP contribution is 2.29. The summed E-state index contributed by atoms with van der Waals surface area (Å²) >= 11 is 0. The van der Waals surface area contributed by atoms with Crippen molar-refractivity contribution in [2.75, 3.05) is 7.05 Å². The van der Waals surface area contributed by atoms with Crippen LogP contribution in [0.5, 0.6) is 0 Å². The van der Waals surface area contributed by atoms with Crippen LogP contribution in [0.2, 0.25) is 0 Å². The minimum absolute atomic E-state index is 0.0387. The van der Waals surface area contributed by atoms with Gasteiger partial charge in [0.05, 0.1) is 0 Å². The van der Waals surface area contributed by atoms with Gasteiger partial charge in [-0.3, -0.25) is 9.59 Å². The van der Waals surface area contributed by atoms with Gasteiger partial charge < -0.3 is 10.0 Å². The fourth-order valence-electron chi connectivity index (χ4n) is 2.57. The second-order valence-electron chi connectivity index (χ2n) is 5.38. The number of hydrogen-bond donors (Lipinski definition) is 1. The summed E-state index contributed by atoms with van der Waals surface area (Å²) in [6.45, 7) is 3.82. The van der Waals surface area contributed by atoms with Crippen molar-refractivity contribution in [2.24, 2.45) is 11.8 Å². The molecule has 1 saturated carbocycles. The van der Waals surface area contributed by atoms with Crippen LogP contribution in [0.15, 0.2) is 0 Å². The largest absolute Gasteiger partial charge is 0.481 e. The molecular weight excluding hydrogens is 218 g/mol. The predicted octanol–water partition coefficient (Wildman–Crippen LogP) is 2.13. The highest BCUT2D eigenvalue weighted by molar-refractivity contribution is 5.78. The van der Waals surface area contributed by atoms with Crippen molar-refractivity contribution in [1.29, 1.82) is 0 Å². The molecule has 0 atom stereocenters. The van der Waals surface area contributed by atoms with Gasteiger partial charge in [-0.1, -0.05) is 13.8 Å². The molecule has 1 aliphatic rings. The highest BCUT2D eigenvalue weighted by atomic mass is 16.4. The highest BCUT2D eigenvalue weighted by Gasteiger charge is 2.28. The Bertz CT molecular complexity index is 280. The number of carbonyl (C=O) groups excluding carboxylic acids is 1. The normalized spacial score (nSPS) is 24.7. The van der Waals surface area contributed by atoms with Gasteiger partial charge in [0.25, 0.3) is 0 Å². The van der Waals surface area contributed by atoms with Crippen LogP contribution in [0, 0.1) is 11.8 Å². The first-order valence-corrected chi connectivity index (χ1v) is 6.40. The fourth-order valence-corrected chi connectivity index (χ4v) is 2.57. The molecule has 1 fully saturated rings. The summed E-state index contributed by atoms with van der Waals surface area (Å²) in [4.78, 5) is 24.3. The van der Waals surface area contributed by atoms with Gasteiger partial charge in [0.15, 0.2) is 0 Å². The third kappa shape index (κ3) is 4.02. The van der Waals surface area contributed by atoms with Gasteiger partial charge in [-0.2, -0.15) is 0 Å². The van der Waals surface area contributed by atoms with E-state index in [0.717, 1.165) is 25.7 Å². The minimum Gasteiger partial charge on any atom is -0.481 e. The van der Waals surface area contributed by atoms with Gasteiger partial charge in [-0.25, -0.2) is 0 Å². The van der Waals surface area contributed by atoms with E-state index < -0.39 is 5.97 Å². The lowest BCUT2D eigenvalue weighted by Gasteiger charge is -2.35. The van der Waals surface area contributed by atoms with Crippen molar-refractivity contribution in [1.82, 2.24) is 4.90 Å². The standard InChI is InChI=1S/C13H23NO3/c1-9(2)13(17)14(3)11-6-4-10(5-7-11)8-12(15)16/h9-11H,4-8H2,1-3H3,(H,15,16)/t10-,11-. The van der Waals surface area contributed by atoms with E-state index in [1.165, 1.54) is 0 Å². The molecule has 0 spiro atoms. The van der Waals surface area contributed by atoms with Crippen molar-refractivity contribution in [2.45, 2.75) is 52.0 Å². The maximum atomic E-state index is 11.8. The molecule has 0 aromatic carbocycles. The van der Waals surface area contributed by atoms with Crippen LogP contribution in [0.3, 0.4) is 0 Å². The van der Waals surface area contributed by atoms with Crippen molar-refractivity contribution in [3.05, 3.63) is 0 Å². The second kappa shape index (κ2) is 6.03. The molecular formula is C13H23NO3. The lowest BCUT2D eigenvalue weighted by molar-refractivity contribution is -0.139. The van der Waals surface area contributed by atoms with Gasteiger partial charge in [0, 0.05) is 25.4 Å². The molecule has 4 heteroatoms. The zero-order valence-corrected chi connectivity index (χ0v) is 11.0. The Labute approximate surface area is 103 Å². The summed E-state index contributed by atoms with van der Waals surface area (Å²) in [5.41, 5.74) is 0. The molecule has 0 aromatic heterocycles. The average Bonchev–Trinajstić information content (AvgIpc) is 2.27. The summed E-state index contributed by atoms with van der Waals surface area (Å²) in [5.74, 6) is -0.185. The third-order valence-electron chi connectivity index (χ3n) is 3.67. The number of hydrogen-bond acceptors (Lipinski definition) is 2. The lowest BCUT2D eigenvalue weighted by atomic mass is 9.83. The van der Waals surface area contributed by atoms with Gasteiger partial charge in [0.2, 0.25) is 5.91 Å². The number of rotatable bonds is 4. The van der Waals surface area contributed by atoms with E-state index >= 15 is 0 Å². The van der Waals surface area contributed by atoms with Crippen LogP contribution in [-0.2, 0) is 9.59 Å². The maximum Gasteiger partial charge on any atom is 0.303 e. The van der Waals surface area contributed by atoms with Crippen LogP contribution in [0.25, 0.3) is 0 Å². The van der Waals surface area contributed by atoms with Crippen LogP contribution in [0.1, 0.15) is 46.0 Å². The molecule has 0 bridgehead atoms. The number of carboxylic acids is 1. The van der Waals surface area contributed by atoms with Gasteiger partial charge in [-0.15, -0.1) is 0 Å². The van der Waals surface area contributed by atoms with E-state index in [-0.39, 0.29) is 18.2 Å². The Morgan fingerprint density at radius 3 is 2.18 bits per heavy atom. The first-order chi connectivity index (χ1) is 7.91. The number of nitrogens with zero attached hydrogens (tertiary/aromatic N) is 1. The molecule has 1 N–H and O–H groups in total. The lowest BCUT2D eigenvalue weighted by Crippen LogP contribution is -2.41. The molecule has 0 heterocycles. The van der Waals surface area contributed by atoms with Crippen LogP contribution in [-0.4, -0.2) is 35.0 Å². The average molecular weight is 241 g/mol. The summed E-state index contributed by atoms with van der Waals surface area (Å²) < 4.78 is 0. The Hall–Kier alpha value is -1.06. The zero-order valence-electron chi connectivity index (χ0n) is 11.0. The quantitative estimate of drug-likeness (QED) is 0.820. The van der Waals surface area contributed by atoms with Crippen molar-refractivity contribution in [3.8, 4) is 0 Å². The van der Waals surface area contributed by atoms with E-state index in [0.29, 0.717) is 12.0 Å². The molecule has 4 nitrogen and oxygen atoms in total. The van der Waals surface area contributed by atoms with Crippen LogP contribution >= 0.6 is 0 Å². The number of carbonyl (C=O) groups is 2. The van der Waals surface area contributed by atoms with Crippen molar-refractivity contribution < 1.29 is 14.7 Å². The topological polar surface area (TPSA) is 57.6 Å². The molecule has 0 unspecified atom stereocenters. The number of amides is 1. The van der Waals surface area contributed by atoms with E-state index in [1.807, 2.05) is 25.8 Å². The van der Waals surface area contributed by atoms with E-state index in [1.54, 1.807) is 0 Å². The van der Waals surface area contributed by atoms with E-state index in [2.05, 4.69) is 0 Å². The van der Waals surface area contributed by atoms with E-state index in [9.17, 15) is 9.59 Å². The summed E-state index contributed by atoms with van der Waals surface area (Å²) in [6.07, 6.45) is 3.99. The van der Waals surface area contributed by atoms with Crippen LogP contribution < -0.4 is 0 Å². The first-order valence-electron chi connectivity index (χ1n) is 6.40.